The first-order valence-corrected chi connectivity index (χ1v) is 9.77. The first-order valence-electron chi connectivity index (χ1n) is 8.95. The fourth-order valence-electron chi connectivity index (χ4n) is 2.70. The second-order valence-corrected chi connectivity index (χ2v) is 8.18. The number of carbonyl (C=O) groups is 2. The molecule has 1 aliphatic heterocycles. The molecule has 28 heavy (non-hydrogen) atoms. The number of nitrogens with zero attached hydrogens (tertiary/aromatic N) is 1. The van der Waals surface area contributed by atoms with Crippen LogP contribution in [-0.4, -0.2) is 29.2 Å². The van der Waals surface area contributed by atoms with Crippen molar-refractivity contribution in [3.63, 3.8) is 0 Å². The van der Waals surface area contributed by atoms with E-state index in [1.54, 1.807) is 24.5 Å². The second-order valence-electron chi connectivity index (χ2n) is 7.30. The molecule has 1 aromatic heterocycles. The highest BCUT2D eigenvalue weighted by Crippen LogP contribution is 2.33. The molecule has 0 unspecified atom stereocenters. The van der Waals surface area contributed by atoms with Crippen molar-refractivity contribution >= 4 is 23.9 Å². The zero-order valence-electron chi connectivity index (χ0n) is 16.0. The Morgan fingerprint density at radius 2 is 1.96 bits per heavy atom. The Bertz CT molecular complexity index is 852. The molecule has 7 nitrogen and oxygen atoms in total. The third-order valence-electron chi connectivity index (χ3n) is 3.92. The van der Waals surface area contributed by atoms with E-state index in [1.165, 1.54) is 11.9 Å². The predicted molar refractivity (Wildman–Crippen MR) is 106 cm³/mol. The molecule has 148 valence electrons. The monoisotopic (exact) mass is 401 g/mol. The molecule has 0 saturated carbocycles. The van der Waals surface area contributed by atoms with Gasteiger partial charge in [0, 0.05) is 34.8 Å². The predicted octanol–water partition coefficient (Wildman–Crippen LogP) is 3.87. The average molecular weight is 401 g/mol. The van der Waals surface area contributed by atoms with E-state index in [0.29, 0.717) is 24.3 Å². The van der Waals surface area contributed by atoms with E-state index in [9.17, 15) is 9.59 Å². The Morgan fingerprint density at radius 3 is 2.68 bits per heavy atom. The largest absolute Gasteiger partial charge is 0.493 e. The van der Waals surface area contributed by atoms with E-state index in [2.05, 4.69) is 15.0 Å². The van der Waals surface area contributed by atoms with Gasteiger partial charge < -0.3 is 14.8 Å². The molecule has 2 amide bonds. The van der Waals surface area contributed by atoms with Gasteiger partial charge in [0.1, 0.15) is 11.4 Å². The summed E-state index contributed by atoms with van der Waals surface area (Å²) in [5.74, 6) is 0.365. The zero-order chi connectivity index (χ0) is 20.1. The van der Waals surface area contributed by atoms with Gasteiger partial charge >= 0.3 is 6.09 Å². The molecule has 1 atom stereocenters. The maximum atomic E-state index is 12.4. The summed E-state index contributed by atoms with van der Waals surface area (Å²) in [6, 6.07) is 8.63. The van der Waals surface area contributed by atoms with Crippen LogP contribution in [0.1, 0.15) is 49.2 Å². The van der Waals surface area contributed by atoms with Gasteiger partial charge in [-0.15, -0.1) is 0 Å². The molecule has 2 heterocycles. The summed E-state index contributed by atoms with van der Waals surface area (Å²) in [6.07, 6.45) is 3.49. The molecular formula is C20H23N3O4S. The van der Waals surface area contributed by atoms with E-state index < -0.39 is 11.7 Å². The molecule has 1 aromatic carbocycles. The minimum absolute atomic E-state index is 0.220. The van der Waals surface area contributed by atoms with E-state index in [0.717, 1.165) is 10.5 Å². The molecule has 0 spiro atoms. The Labute approximate surface area is 168 Å². The highest BCUT2D eigenvalue weighted by atomic mass is 32.2. The minimum atomic E-state index is -0.563. The van der Waals surface area contributed by atoms with Gasteiger partial charge in [-0.05, 0) is 57.0 Å². The van der Waals surface area contributed by atoms with Crippen molar-refractivity contribution in [2.24, 2.45) is 0 Å². The minimum Gasteiger partial charge on any atom is -0.493 e. The lowest BCUT2D eigenvalue weighted by Crippen LogP contribution is -2.36. The molecule has 2 N–H and O–H groups in total. The molecule has 0 bridgehead atoms. The SMILES string of the molecule is CC(C)(C)OC(=O)N[C@H]1CCOc2cc(C(=O)NSc3ccncc3)ccc21. The van der Waals surface area contributed by atoms with Crippen LogP contribution >= 0.6 is 11.9 Å². The van der Waals surface area contributed by atoms with Gasteiger partial charge in [-0.2, -0.15) is 0 Å². The highest BCUT2D eigenvalue weighted by Gasteiger charge is 2.26. The number of aromatic nitrogens is 1. The third-order valence-corrected chi connectivity index (χ3v) is 4.71. The number of rotatable bonds is 4. The number of fused-ring (bicyclic) bond motifs is 1. The van der Waals surface area contributed by atoms with Crippen molar-refractivity contribution in [2.75, 3.05) is 6.61 Å². The van der Waals surface area contributed by atoms with Crippen LogP contribution in [0, 0.1) is 0 Å². The van der Waals surface area contributed by atoms with E-state index in [4.69, 9.17) is 9.47 Å². The number of pyridine rings is 1. The summed E-state index contributed by atoms with van der Waals surface area (Å²) >= 11 is 1.22. The van der Waals surface area contributed by atoms with Crippen LogP contribution in [0.4, 0.5) is 4.79 Å². The lowest BCUT2D eigenvalue weighted by atomic mass is 9.99. The van der Waals surface area contributed by atoms with Gasteiger partial charge in [0.2, 0.25) is 0 Å². The molecule has 0 fully saturated rings. The van der Waals surface area contributed by atoms with Gasteiger partial charge in [0.05, 0.1) is 12.6 Å². The van der Waals surface area contributed by atoms with Crippen LogP contribution in [0.15, 0.2) is 47.6 Å². The first kappa shape index (κ1) is 20.0. The molecule has 0 saturated heterocycles. The fraction of sp³-hybridized carbons (Fsp3) is 0.350. The average Bonchev–Trinajstić information content (AvgIpc) is 2.65. The van der Waals surface area contributed by atoms with Crippen molar-refractivity contribution in [1.82, 2.24) is 15.0 Å². The lowest BCUT2D eigenvalue weighted by molar-refractivity contribution is 0.0490. The molecule has 8 heteroatoms. The van der Waals surface area contributed by atoms with Gasteiger partial charge in [0.15, 0.2) is 0 Å². The zero-order valence-corrected chi connectivity index (χ0v) is 16.8. The number of alkyl carbamates (subject to hydrolysis) is 1. The summed E-state index contributed by atoms with van der Waals surface area (Å²) in [6.45, 7) is 5.91. The third kappa shape index (κ3) is 5.39. The summed E-state index contributed by atoms with van der Waals surface area (Å²) in [5.41, 5.74) is 0.751. The van der Waals surface area contributed by atoms with Crippen molar-refractivity contribution < 1.29 is 19.1 Å². The molecule has 1 aliphatic rings. The standard InChI is InChI=1S/C20H23N3O4S/c1-20(2,3)27-19(25)22-16-8-11-26-17-12-13(4-5-15(16)17)18(24)23-28-14-6-9-21-10-7-14/h4-7,9-10,12,16H,8,11H2,1-3H3,(H,22,25)(H,23,24)/t16-/m0/s1. The highest BCUT2D eigenvalue weighted by molar-refractivity contribution is 7.98. The molecule has 0 aliphatic carbocycles. The maximum absolute atomic E-state index is 12.4. The normalized spacial score (nSPS) is 15.8. The summed E-state index contributed by atoms with van der Waals surface area (Å²) in [7, 11) is 0. The van der Waals surface area contributed by atoms with Gasteiger partial charge in [-0.3, -0.25) is 14.5 Å². The number of nitrogens with one attached hydrogen (secondary N) is 2. The second kappa shape index (κ2) is 8.52. The molecule has 3 rings (SSSR count). The number of ether oxygens (including phenoxy) is 2. The van der Waals surface area contributed by atoms with Crippen molar-refractivity contribution in [1.29, 1.82) is 0 Å². The topological polar surface area (TPSA) is 89.5 Å². The van der Waals surface area contributed by atoms with Crippen LogP contribution in [0.25, 0.3) is 0 Å². The fourth-order valence-corrected chi connectivity index (χ4v) is 3.29. The summed E-state index contributed by atoms with van der Waals surface area (Å²) < 4.78 is 13.8. The lowest BCUT2D eigenvalue weighted by Gasteiger charge is -2.28. The Morgan fingerprint density at radius 1 is 1.21 bits per heavy atom. The van der Waals surface area contributed by atoms with Gasteiger partial charge in [0.25, 0.3) is 5.91 Å². The quantitative estimate of drug-likeness (QED) is 0.756. The molecule has 0 radical (unpaired) electrons. The van der Waals surface area contributed by atoms with Crippen LogP contribution in [0.3, 0.4) is 0 Å². The van der Waals surface area contributed by atoms with Crippen LogP contribution in [-0.2, 0) is 4.74 Å². The van der Waals surface area contributed by atoms with Gasteiger partial charge in [-0.1, -0.05) is 6.07 Å². The molecular weight excluding hydrogens is 378 g/mol. The van der Waals surface area contributed by atoms with E-state index in [1.807, 2.05) is 39.0 Å². The Balaban J connectivity index is 1.66. The number of carbonyl (C=O) groups excluding carboxylic acids is 2. The number of benzene rings is 1. The Kier molecular flexibility index (Phi) is 6.08. The number of hydrogen-bond acceptors (Lipinski definition) is 6. The number of hydrogen-bond donors (Lipinski definition) is 2. The van der Waals surface area contributed by atoms with Gasteiger partial charge in [-0.25, -0.2) is 4.79 Å². The van der Waals surface area contributed by atoms with Crippen LogP contribution in [0.5, 0.6) is 5.75 Å². The van der Waals surface area contributed by atoms with Crippen LogP contribution in [0.2, 0.25) is 0 Å². The smallest absolute Gasteiger partial charge is 0.408 e. The summed E-state index contributed by atoms with van der Waals surface area (Å²) in [5, 5.41) is 2.88. The number of amides is 2. The van der Waals surface area contributed by atoms with Crippen molar-refractivity contribution in [3.05, 3.63) is 53.9 Å². The van der Waals surface area contributed by atoms with E-state index >= 15 is 0 Å². The van der Waals surface area contributed by atoms with Crippen molar-refractivity contribution in [2.45, 2.75) is 43.7 Å². The van der Waals surface area contributed by atoms with E-state index in [-0.39, 0.29) is 11.9 Å². The van der Waals surface area contributed by atoms with Crippen LogP contribution < -0.4 is 14.8 Å². The first-order chi connectivity index (χ1) is 13.3. The molecule has 2 aromatic rings. The maximum Gasteiger partial charge on any atom is 0.408 e. The Hall–Kier alpha value is -2.74. The van der Waals surface area contributed by atoms with Crippen molar-refractivity contribution in [3.8, 4) is 5.75 Å². The summed E-state index contributed by atoms with van der Waals surface area (Å²) in [4.78, 5) is 29.3.